The average Bonchev–Trinajstić information content (AvgIpc) is 3.17. The van der Waals surface area contributed by atoms with Crippen LogP contribution in [0.25, 0.3) is 11.2 Å². The van der Waals surface area contributed by atoms with Gasteiger partial charge < -0.3 is 4.57 Å². The lowest BCUT2D eigenvalue weighted by Gasteiger charge is -2.06. The lowest BCUT2D eigenvalue weighted by Crippen LogP contribution is -2.31. The van der Waals surface area contributed by atoms with E-state index in [2.05, 4.69) is 25.5 Å². The first-order valence-corrected chi connectivity index (χ1v) is 9.51. The van der Waals surface area contributed by atoms with E-state index in [1.54, 1.807) is 16.3 Å². The Kier molecular flexibility index (Phi) is 5.25. The van der Waals surface area contributed by atoms with E-state index >= 15 is 0 Å². The molecule has 0 aliphatic heterocycles. The van der Waals surface area contributed by atoms with Crippen LogP contribution in [0.5, 0.6) is 0 Å². The number of imidazole rings is 1. The Balaban J connectivity index is 1.98. The lowest BCUT2D eigenvalue weighted by atomic mass is 10.3. The number of H-pyrrole nitrogens is 1. The molecule has 0 aliphatic carbocycles. The van der Waals surface area contributed by atoms with Crippen LogP contribution in [-0.2, 0) is 19.3 Å². The number of hydrogen-bond donors (Lipinski definition) is 1. The molecule has 3 aromatic heterocycles. The molecule has 140 valence electrons. The lowest BCUT2D eigenvalue weighted by molar-refractivity contribution is 0.477. The average molecular weight is 378 g/mol. The number of unbranched alkanes of at least 4 members (excludes halogenated alkanes) is 1. The molecule has 0 unspecified atom stereocenters. The highest BCUT2D eigenvalue weighted by Gasteiger charge is 2.18. The van der Waals surface area contributed by atoms with Crippen LogP contribution in [0.4, 0.5) is 0 Å². The second-order valence-electron chi connectivity index (χ2n) is 6.31. The number of rotatable bonds is 7. The number of nitrogens with zero attached hydrogens (tertiary/aromatic N) is 7. The molecule has 0 fully saturated rings. The van der Waals surface area contributed by atoms with Crippen LogP contribution in [0.2, 0.25) is 0 Å². The van der Waals surface area contributed by atoms with E-state index in [0.717, 1.165) is 12.8 Å². The Morgan fingerprint density at radius 2 is 2.04 bits per heavy atom. The zero-order valence-corrected chi connectivity index (χ0v) is 16.1. The third kappa shape index (κ3) is 3.30. The standard InChI is InChI=1S/C15H22N8O2S/c1-5-6-7-22-12-11(13(24)17-14(22)25)21(4)10(16-12)8-26-15-18-19-20-23(15)9(2)3/h9H,5-8H2,1-4H3,(H,17,24,25). The zero-order chi connectivity index (χ0) is 18.8. The molecule has 0 saturated carbocycles. The summed E-state index contributed by atoms with van der Waals surface area (Å²) in [6.07, 6.45) is 1.78. The Hall–Kier alpha value is -2.43. The molecule has 0 atom stereocenters. The minimum absolute atomic E-state index is 0.148. The molecular weight excluding hydrogens is 356 g/mol. The fourth-order valence-electron chi connectivity index (χ4n) is 2.68. The molecule has 0 spiro atoms. The minimum Gasteiger partial charge on any atom is -0.325 e. The summed E-state index contributed by atoms with van der Waals surface area (Å²) in [7, 11) is 1.78. The molecule has 0 radical (unpaired) electrons. The molecular formula is C15H22N8O2S. The van der Waals surface area contributed by atoms with Gasteiger partial charge in [-0.05, 0) is 30.7 Å². The van der Waals surface area contributed by atoms with Gasteiger partial charge in [0.2, 0.25) is 5.16 Å². The first-order chi connectivity index (χ1) is 12.4. The quantitative estimate of drug-likeness (QED) is 0.612. The molecule has 3 heterocycles. The van der Waals surface area contributed by atoms with E-state index < -0.39 is 11.2 Å². The first-order valence-electron chi connectivity index (χ1n) is 8.53. The predicted molar refractivity (Wildman–Crippen MR) is 98.3 cm³/mol. The normalized spacial score (nSPS) is 11.7. The van der Waals surface area contributed by atoms with Gasteiger partial charge in [0, 0.05) is 13.6 Å². The van der Waals surface area contributed by atoms with Gasteiger partial charge in [-0.15, -0.1) is 5.10 Å². The summed E-state index contributed by atoms with van der Waals surface area (Å²) in [4.78, 5) is 31.4. The van der Waals surface area contributed by atoms with E-state index in [9.17, 15) is 9.59 Å². The molecule has 0 amide bonds. The van der Waals surface area contributed by atoms with Crippen molar-refractivity contribution in [1.29, 1.82) is 0 Å². The maximum absolute atomic E-state index is 12.3. The van der Waals surface area contributed by atoms with Crippen molar-refractivity contribution in [2.45, 2.75) is 57.1 Å². The van der Waals surface area contributed by atoms with Gasteiger partial charge in [-0.1, -0.05) is 25.1 Å². The number of aromatic amines is 1. The van der Waals surface area contributed by atoms with Gasteiger partial charge in [-0.3, -0.25) is 14.3 Å². The van der Waals surface area contributed by atoms with Crippen LogP contribution in [0.15, 0.2) is 14.7 Å². The summed E-state index contributed by atoms with van der Waals surface area (Å²) in [6, 6.07) is 0.148. The van der Waals surface area contributed by atoms with E-state index in [-0.39, 0.29) is 6.04 Å². The van der Waals surface area contributed by atoms with Gasteiger partial charge in [0.15, 0.2) is 11.2 Å². The van der Waals surface area contributed by atoms with Crippen molar-refractivity contribution in [1.82, 2.24) is 39.3 Å². The summed E-state index contributed by atoms with van der Waals surface area (Å²) in [5, 5.41) is 12.4. The molecule has 3 rings (SSSR count). The molecule has 0 aromatic carbocycles. The topological polar surface area (TPSA) is 116 Å². The van der Waals surface area contributed by atoms with Crippen LogP contribution in [0.1, 0.15) is 45.5 Å². The Bertz CT molecular complexity index is 1030. The van der Waals surface area contributed by atoms with E-state index in [0.29, 0.717) is 34.4 Å². The number of nitrogens with one attached hydrogen (secondary N) is 1. The van der Waals surface area contributed by atoms with Crippen LogP contribution >= 0.6 is 11.8 Å². The van der Waals surface area contributed by atoms with Crippen molar-refractivity contribution < 1.29 is 0 Å². The molecule has 26 heavy (non-hydrogen) atoms. The largest absolute Gasteiger partial charge is 0.330 e. The second kappa shape index (κ2) is 7.44. The van der Waals surface area contributed by atoms with Gasteiger partial charge in [0.05, 0.1) is 11.8 Å². The van der Waals surface area contributed by atoms with Gasteiger partial charge >= 0.3 is 5.69 Å². The predicted octanol–water partition coefficient (Wildman–Crippen LogP) is 1.08. The van der Waals surface area contributed by atoms with E-state index in [1.165, 1.54) is 16.3 Å². The van der Waals surface area contributed by atoms with Crippen LogP contribution in [-0.4, -0.2) is 39.3 Å². The Morgan fingerprint density at radius 3 is 2.73 bits per heavy atom. The van der Waals surface area contributed by atoms with Gasteiger partial charge in [0.25, 0.3) is 5.56 Å². The Labute approximate surface area is 153 Å². The maximum atomic E-state index is 12.3. The number of aromatic nitrogens is 8. The van der Waals surface area contributed by atoms with Gasteiger partial charge in [0.1, 0.15) is 5.82 Å². The Morgan fingerprint density at radius 1 is 1.27 bits per heavy atom. The van der Waals surface area contributed by atoms with Crippen molar-refractivity contribution >= 4 is 22.9 Å². The van der Waals surface area contributed by atoms with Crippen molar-refractivity contribution in [3.05, 3.63) is 26.7 Å². The van der Waals surface area contributed by atoms with Gasteiger partial charge in [-0.25, -0.2) is 14.5 Å². The van der Waals surface area contributed by atoms with Crippen LogP contribution in [0.3, 0.4) is 0 Å². The van der Waals surface area contributed by atoms with Crippen LogP contribution < -0.4 is 11.2 Å². The summed E-state index contributed by atoms with van der Waals surface area (Å²) in [6.45, 7) is 6.58. The molecule has 10 nitrogen and oxygen atoms in total. The maximum Gasteiger partial charge on any atom is 0.330 e. The highest BCUT2D eigenvalue weighted by Crippen LogP contribution is 2.22. The molecule has 1 N–H and O–H groups in total. The van der Waals surface area contributed by atoms with E-state index in [4.69, 9.17) is 0 Å². The minimum atomic E-state index is -0.420. The second-order valence-corrected chi connectivity index (χ2v) is 7.25. The molecule has 0 saturated heterocycles. The summed E-state index contributed by atoms with van der Waals surface area (Å²) >= 11 is 1.44. The fourth-order valence-corrected chi connectivity index (χ4v) is 3.67. The third-order valence-electron chi connectivity index (χ3n) is 4.12. The van der Waals surface area contributed by atoms with Crippen molar-refractivity contribution in [2.75, 3.05) is 0 Å². The van der Waals surface area contributed by atoms with Crippen molar-refractivity contribution in [2.24, 2.45) is 7.05 Å². The summed E-state index contributed by atoms with van der Waals surface area (Å²) < 4.78 is 5.00. The summed E-state index contributed by atoms with van der Waals surface area (Å²) in [5.74, 6) is 1.17. The number of fused-ring (bicyclic) bond motifs is 1. The van der Waals surface area contributed by atoms with E-state index in [1.807, 2.05) is 20.8 Å². The number of tetrazole rings is 1. The highest BCUT2D eigenvalue weighted by molar-refractivity contribution is 7.98. The molecule has 3 aromatic rings. The third-order valence-corrected chi connectivity index (χ3v) is 5.05. The molecule has 0 aliphatic rings. The monoisotopic (exact) mass is 378 g/mol. The first kappa shape index (κ1) is 18.4. The summed E-state index contributed by atoms with van der Waals surface area (Å²) in [5.41, 5.74) is -0.0125. The number of thioether (sulfide) groups is 1. The molecule has 11 heteroatoms. The van der Waals surface area contributed by atoms with Crippen molar-refractivity contribution in [3.63, 3.8) is 0 Å². The van der Waals surface area contributed by atoms with Crippen molar-refractivity contribution in [3.8, 4) is 0 Å². The fraction of sp³-hybridized carbons (Fsp3) is 0.600. The van der Waals surface area contributed by atoms with Crippen LogP contribution in [0, 0.1) is 0 Å². The highest BCUT2D eigenvalue weighted by atomic mass is 32.2. The smallest absolute Gasteiger partial charge is 0.325 e. The molecule has 0 bridgehead atoms. The van der Waals surface area contributed by atoms with Gasteiger partial charge in [-0.2, -0.15) is 0 Å². The zero-order valence-electron chi connectivity index (χ0n) is 15.3. The number of hydrogen-bond acceptors (Lipinski definition) is 7. The SMILES string of the molecule is CCCCn1c(=O)[nH]c(=O)c2c1nc(CSc1nnnn1C(C)C)n2C. The number of aryl methyl sites for hydroxylation is 2.